The zero-order valence-corrected chi connectivity index (χ0v) is 35.6. The van der Waals surface area contributed by atoms with Crippen LogP contribution < -0.4 is 0 Å². The second kappa shape index (κ2) is 16.0. The van der Waals surface area contributed by atoms with Crippen molar-refractivity contribution in [3.8, 4) is 78.4 Å². The molecule has 2 heteroatoms. The van der Waals surface area contributed by atoms with Gasteiger partial charge in [-0.1, -0.05) is 231 Å². The van der Waals surface area contributed by atoms with Crippen molar-refractivity contribution in [2.75, 3.05) is 0 Å². The van der Waals surface area contributed by atoms with E-state index in [1.165, 1.54) is 66.4 Å². The first-order valence-electron chi connectivity index (χ1n) is 22.3. The number of benzene rings is 10. The van der Waals surface area contributed by atoms with Crippen LogP contribution in [0.1, 0.15) is 22.3 Å². The summed E-state index contributed by atoms with van der Waals surface area (Å²) >= 11 is 0. The van der Waals surface area contributed by atoms with Crippen LogP contribution in [0, 0.1) is 0 Å². The molecular formula is C63H42N2. The highest BCUT2D eigenvalue weighted by molar-refractivity contribution is 5.97. The minimum Gasteiger partial charge on any atom is -0.228 e. The molecule has 11 aromatic rings. The second-order valence-corrected chi connectivity index (χ2v) is 16.9. The van der Waals surface area contributed by atoms with Crippen molar-refractivity contribution in [2.45, 2.75) is 5.41 Å². The first-order valence-corrected chi connectivity index (χ1v) is 22.3. The normalized spacial score (nSPS) is 12.4. The van der Waals surface area contributed by atoms with Crippen molar-refractivity contribution < 1.29 is 0 Å². The Kier molecular flexibility index (Phi) is 9.43. The lowest BCUT2D eigenvalue weighted by atomic mass is 9.67. The zero-order valence-electron chi connectivity index (χ0n) is 35.6. The highest BCUT2D eigenvalue weighted by atomic mass is 14.9. The molecule has 0 atom stereocenters. The van der Waals surface area contributed by atoms with Gasteiger partial charge < -0.3 is 0 Å². The van der Waals surface area contributed by atoms with Crippen LogP contribution in [0.4, 0.5) is 0 Å². The van der Waals surface area contributed by atoms with E-state index in [9.17, 15) is 0 Å². The summed E-state index contributed by atoms with van der Waals surface area (Å²) in [5.74, 6) is 0.713. The summed E-state index contributed by atoms with van der Waals surface area (Å²) in [7, 11) is 0. The largest absolute Gasteiger partial charge is 0.228 e. The van der Waals surface area contributed by atoms with E-state index in [0.29, 0.717) is 5.82 Å². The maximum absolute atomic E-state index is 5.07. The monoisotopic (exact) mass is 826 g/mol. The maximum atomic E-state index is 5.07. The Morgan fingerprint density at radius 2 is 0.708 bits per heavy atom. The van der Waals surface area contributed by atoms with Gasteiger partial charge in [-0.2, -0.15) is 0 Å². The van der Waals surface area contributed by atoms with Gasteiger partial charge in [-0.15, -0.1) is 0 Å². The quantitative estimate of drug-likeness (QED) is 0.152. The van der Waals surface area contributed by atoms with Crippen LogP contribution >= 0.6 is 0 Å². The topological polar surface area (TPSA) is 25.8 Å². The van der Waals surface area contributed by atoms with E-state index >= 15 is 0 Å². The van der Waals surface area contributed by atoms with E-state index in [2.05, 4.69) is 231 Å². The lowest BCUT2D eigenvalue weighted by molar-refractivity contribution is 0.769. The van der Waals surface area contributed by atoms with Crippen LogP contribution in [-0.2, 0) is 5.41 Å². The third-order valence-electron chi connectivity index (χ3n) is 13.2. The van der Waals surface area contributed by atoms with Crippen molar-refractivity contribution in [3.63, 3.8) is 0 Å². The summed E-state index contributed by atoms with van der Waals surface area (Å²) in [4.78, 5) is 10.1. The van der Waals surface area contributed by atoms with Gasteiger partial charge in [0.25, 0.3) is 0 Å². The molecule has 0 amide bonds. The number of hydrogen-bond donors (Lipinski definition) is 0. The highest BCUT2D eigenvalue weighted by Gasteiger charge is 2.46. The Balaban J connectivity index is 0.983. The first kappa shape index (κ1) is 38.2. The summed E-state index contributed by atoms with van der Waals surface area (Å²) < 4.78 is 0. The third-order valence-corrected chi connectivity index (χ3v) is 13.2. The Morgan fingerprint density at radius 1 is 0.246 bits per heavy atom. The summed E-state index contributed by atoms with van der Waals surface area (Å²) in [6, 6.07) is 92.2. The van der Waals surface area contributed by atoms with Crippen LogP contribution in [0.3, 0.4) is 0 Å². The van der Waals surface area contributed by atoms with Crippen molar-refractivity contribution in [1.82, 2.24) is 9.97 Å². The van der Waals surface area contributed by atoms with E-state index in [-0.39, 0.29) is 0 Å². The Bertz CT molecular complexity index is 3390. The number of rotatable bonds is 8. The fraction of sp³-hybridized carbons (Fsp3) is 0.0159. The zero-order chi connectivity index (χ0) is 43.2. The Morgan fingerprint density at radius 3 is 1.34 bits per heavy atom. The van der Waals surface area contributed by atoms with Crippen molar-refractivity contribution in [2.24, 2.45) is 0 Å². The molecule has 304 valence electrons. The Hall–Kier alpha value is -8.46. The number of nitrogens with zero attached hydrogens (tertiary/aromatic N) is 2. The smallest absolute Gasteiger partial charge is 0.160 e. The molecule has 10 aromatic carbocycles. The predicted octanol–water partition coefficient (Wildman–Crippen LogP) is 16.0. The molecule has 65 heavy (non-hydrogen) atoms. The van der Waals surface area contributed by atoms with E-state index < -0.39 is 5.41 Å². The predicted molar refractivity (Wildman–Crippen MR) is 269 cm³/mol. The average molecular weight is 827 g/mol. The van der Waals surface area contributed by atoms with E-state index in [1.54, 1.807) is 0 Å². The first-order chi connectivity index (χ1) is 32.2. The molecule has 0 spiro atoms. The van der Waals surface area contributed by atoms with Gasteiger partial charge in [-0.25, -0.2) is 9.97 Å². The van der Waals surface area contributed by atoms with Gasteiger partial charge in [0, 0.05) is 16.7 Å². The van der Waals surface area contributed by atoms with Gasteiger partial charge in [-0.3, -0.25) is 0 Å². The summed E-state index contributed by atoms with van der Waals surface area (Å²) in [6.45, 7) is 0. The molecule has 0 saturated carbocycles. The van der Waals surface area contributed by atoms with E-state index in [1.807, 2.05) is 24.3 Å². The summed E-state index contributed by atoms with van der Waals surface area (Å²) in [5, 5.41) is 2.47. The molecule has 1 aliphatic carbocycles. The lowest BCUT2D eigenvalue weighted by Gasteiger charge is -2.34. The SMILES string of the molecule is c1ccc(-c2cc(-c3ccc(-c4ccc(-c5cc6c(cc5-c5ccc7ccccc7c5)-c5ccccc5C6(c5ccccc5)c5ccccc5)cc4)cc3)nc(-c3ccccc3)n2)cc1. The molecule has 0 saturated heterocycles. The van der Waals surface area contributed by atoms with E-state index in [0.717, 1.165) is 39.2 Å². The van der Waals surface area contributed by atoms with Crippen LogP contribution in [0.15, 0.2) is 255 Å². The fourth-order valence-corrected chi connectivity index (χ4v) is 10.1. The fourth-order valence-electron chi connectivity index (χ4n) is 10.1. The second-order valence-electron chi connectivity index (χ2n) is 16.9. The summed E-state index contributed by atoms with van der Waals surface area (Å²) in [6.07, 6.45) is 0. The van der Waals surface area contributed by atoms with Gasteiger partial charge in [0.05, 0.1) is 16.8 Å². The molecule has 2 nitrogen and oxygen atoms in total. The third kappa shape index (κ3) is 6.67. The standard InChI is InChI=1S/C63H42N2/c1-5-18-47(19-6-1)60-42-61(65-62(64-60)49-20-7-2-8-21-49)48-36-31-45(32-37-48)44-29-34-46(35-30-44)56-41-59-57(40-55(56)51-38-33-43-17-13-14-22-50(43)39-51)54-27-15-16-28-58(54)63(59,52-23-9-3-10-24-52)53-25-11-4-12-26-53/h1-42H. The number of fused-ring (bicyclic) bond motifs is 4. The lowest BCUT2D eigenvalue weighted by Crippen LogP contribution is -2.28. The molecule has 12 rings (SSSR count). The van der Waals surface area contributed by atoms with Crippen LogP contribution in [0.25, 0.3) is 89.2 Å². The van der Waals surface area contributed by atoms with Crippen LogP contribution in [0.2, 0.25) is 0 Å². The van der Waals surface area contributed by atoms with Crippen LogP contribution in [0.5, 0.6) is 0 Å². The highest BCUT2D eigenvalue weighted by Crippen LogP contribution is 2.58. The average Bonchev–Trinajstić information content (AvgIpc) is 3.69. The number of hydrogen-bond acceptors (Lipinski definition) is 2. The van der Waals surface area contributed by atoms with Crippen molar-refractivity contribution in [1.29, 1.82) is 0 Å². The van der Waals surface area contributed by atoms with Crippen molar-refractivity contribution in [3.05, 3.63) is 277 Å². The van der Waals surface area contributed by atoms with Gasteiger partial charge in [0.2, 0.25) is 0 Å². The summed E-state index contributed by atoms with van der Waals surface area (Å²) in [5.41, 5.74) is 19.2. The molecule has 0 radical (unpaired) electrons. The molecule has 0 unspecified atom stereocenters. The molecular weight excluding hydrogens is 785 g/mol. The number of aromatic nitrogens is 2. The van der Waals surface area contributed by atoms with Gasteiger partial charge >= 0.3 is 0 Å². The molecule has 0 N–H and O–H groups in total. The Labute approximate surface area is 379 Å². The molecule has 1 aliphatic rings. The van der Waals surface area contributed by atoms with Crippen molar-refractivity contribution >= 4 is 10.8 Å². The molecule has 0 fully saturated rings. The molecule has 1 heterocycles. The molecule has 1 aromatic heterocycles. The van der Waals surface area contributed by atoms with Crippen LogP contribution in [-0.4, -0.2) is 9.97 Å². The van der Waals surface area contributed by atoms with Gasteiger partial charge in [0.1, 0.15) is 0 Å². The van der Waals surface area contributed by atoms with Gasteiger partial charge in [0.15, 0.2) is 5.82 Å². The molecule has 0 aliphatic heterocycles. The minimum absolute atomic E-state index is 0.500. The maximum Gasteiger partial charge on any atom is 0.160 e. The minimum atomic E-state index is -0.500. The van der Waals surface area contributed by atoms with E-state index in [4.69, 9.17) is 9.97 Å². The molecule has 0 bridgehead atoms. The van der Waals surface area contributed by atoms with Gasteiger partial charge in [-0.05, 0) is 102 Å².